The molecule has 0 heterocycles. The molecule has 0 atom stereocenters. The quantitative estimate of drug-likeness (QED) is 0.401. The van der Waals surface area contributed by atoms with Crippen LogP contribution in [0.3, 0.4) is 0 Å². The number of hydrazine groups is 1. The predicted octanol–water partition coefficient (Wildman–Crippen LogP) is 4.35. The molecule has 0 aliphatic rings. The Hall–Kier alpha value is -3.95. The predicted molar refractivity (Wildman–Crippen MR) is 132 cm³/mol. The van der Waals surface area contributed by atoms with E-state index in [4.69, 9.17) is 37.4 Å². The van der Waals surface area contributed by atoms with E-state index in [2.05, 4.69) is 16.2 Å². The molecule has 0 saturated heterocycles. The van der Waals surface area contributed by atoms with Crippen molar-refractivity contribution in [1.29, 1.82) is 0 Å². The molecule has 0 aromatic heterocycles. The number of methoxy groups -OCH3 is 3. The molecule has 0 unspecified atom stereocenters. The van der Waals surface area contributed by atoms with Crippen LogP contribution in [0.25, 0.3) is 0 Å². The first-order valence-electron chi connectivity index (χ1n) is 10.0. The van der Waals surface area contributed by atoms with Crippen molar-refractivity contribution in [1.82, 2.24) is 10.9 Å². The highest BCUT2D eigenvalue weighted by Gasteiger charge is 2.17. The number of carbonyl (C=O) groups excluding carboxylic acids is 3. The van der Waals surface area contributed by atoms with Crippen molar-refractivity contribution in [3.63, 3.8) is 0 Å². The molecule has 182 valence electrons. The van der Waals surface area contributed by atoms with Crippen LogP contribution < -0.4 is 30.4 Å². The van der Waals surface area contributed by atoms with Gasteiger partial charge < -0.3 is 19.5 Å². The molecule has 0 fully saturated rings. The third-order valence-corrected chi connectivity index (χ3v) is 5.34. The molecule has 3 N–H and O–H groups in total. The summed E-state index contributed by atoms with van der Waals surface area (Å²) in [4.78, 5) is 37.3. The van der Waals surface area contributed by atoms with E-state index in [1.807, 2.05) is 0 Å². The van der Waals surface area contributed by atoms with Gasteiger partial charge in [0.2, 0.25) is 5.75 Å². The average molecular weight is 518 g/mol. The fourth-order valence-corrected chi connectivity index (χ4v) is 3.54. The lowest BCUT2D eigenvalue weighted by Gasteiger charge is -2.14. The summed E-state index contributed by atoms with van der Waals surface area (Å²) in [5, 5.41) is 3.26. The molecule has 3 aromatic carbocycles. The summed E-state index contributed by atoms with van der Waals surface area (Å²) in [6.45, 7) is 0. The SMILES string of the molecule is COc1cc(C(=O)Nc2ccc(C(=O)NNC(=O)c3ccc(Cl)cc3Cl)cc2)cc(OC)c1OC. The second kappa shape index (κ2) is 11.5. The van der Waals surface area contributed by atoms with Gasteiger partial charge in [-0.2, -0.15) is 0 Å². The highest BCUT2D eigenvalue weighted by molar-refractivity contribution is 6.36. The number of hydrogen-bond acceptors (Lipinski definition) is 6. The van der Waals surface area contributed by atoms with Gasteiger partial charge in [-0.3, -0.25) is 25.2 Å². The Kier molecular flexibility index (Phi) is 8.40. The maximum atomic E-state index is 12.7. The van der Waals surface area contributed by atoms with Gasteiger partial charge in [0.1, 0.15) is 0 Å². The molecule has 11 heteroatoms. The van der Waals surface area contributed by atoms with Crippen LogP contribution in [-0.2, 0) is 0 Å². The third kappa shape index (κ3) is 6.14. The van der Waals surface area contributed by atoms with Gasteiger partial charge in [0.25, 0.3) is 17.7 Å². The van der Waals surface area contributed by atoms with Gasteiger partial charge in [-0.05, 0) is 54.6 Å². The topological polar surface area (TPSA) is 115 Å². The molecule has 0 bridgehead atoms. The molecule has 3 rings (SSSR count). The maximum absolute atomic E-state index is 12.7. The van der Waals surface area contributed by atoms with Crippen LogP contribution in [0.5, 0.6) is 17.2 Å². The molecule has 0 aliphatic heterocycles. The van der Waals surface area contributed by atoms with E-state index >= 15 is 0 Å². The average Bonchev–Trinajstić information content (AvgIpc) is 2.86. The molecule has 3 amide bonds. The minimum absolute atomic E-state index is 0.149. The first kappa shape index (κ1) is 25.7. The number of halogens is 2. The van der Waals surface area contributed by atoms with Gasteiger partial charge in [0.15, 0.2) is 11.5 Å². The second-order valence-corrected chi connectivity index (χ2v) is 7.82. The van der Waals surface area contributed by atoms with Gasteiger partial charge in [-0.25, -0.2) is 0 Å². The molecule has 9 nitrogen and oxygen atoms in total. The number of hydrogen-bond donors (Lipinski definition) is 3. The fraction of sp³-hybridized carbons (Fsp3) is 0.125. The van der Waals surface area contributed by atoms with E-state index in [0.717, 1.165) is 0 Å². The van der Waals surface area contributed by atoms with Gasteiger partial charge in [0, 0.05) is 21.8 Å². The standard InChI is InChI=1S/C24H21Cl2N3O6/c1-33-19-10-14(11-20(34-2)21(19)35-3)22(30)27-16-7-4-13(5-8-16)23(31)28-29-24(32)17-9-6-15(25)12-18(17)26/h4-12H,1-3H3,(H,27,30)(H,28,31)(H,29,32). The Morgan fingerprint density at radius 3 is 1.83 bits per heavy atom. The van der Waals surface area contributed by atoms with Crippen LogP contribution in [-0.4, -0.2) is 39.1 Å². The minimum Gasteiger partial charge on any atom is -0.493 e. The zero-order valence-electron chi connectivity index (χ0n) is 18.9. The monoisotopic (exact) mass is 517 g/mol. The lowest BCUT2D eigenvalue weighted by molar-refractivity contribution is 0.0847. The molecule has 0 spiro atoms. The normalized spacial score (nSPS) is 10.2. The maximum Gasteiger partial charge on any atom is 0.271 e. The Labute approximate surface area is 211 Å². The lowest BCUT2D eigenvalue weighted by Crippen LogP contribution is -2.41. The number of rotatable bonds is 7. The highest BCUT2D eigenvalue weighted by Crippen LogP contribution is 2.38. The molecular formula is C24H21Cl2N3O6. The number of ether oxygens (including phenoxy) is 3. The lowest BCUT2D eigenvalue weighted by atomic mass is 10.1. The first-order chi connectivity index (χ1) is 16.8. The van der Waals surface area contributed by atoms with Crippen molar-refractivity contribution in [2.75, 3.05) is 26.6 Å². The zero-order valence-corrected chi connectivity index (χ0v) is 20.4. The van der Waals surface area contributed by atoms with Gasteiger partial charge in [-0.1, -0.05) is 23.2 Å². The van der Waals surface area contributed by atoms with Crippen LogP contribution in [0.1, 0.15) is 31.1 Å². The molecule has 35 heavy (non-hydrogen) atoms. The number of benzene rings is 3. The summed E-state index contributed by atoms with van der Waals surface area (Å²) >= 11 is 11.8. The Bertz CT molecular complexity index is 1240. The Morgan fingerprint density at radius 1 is 0.686 bits per heavy atom. The smallest absolute Gasteiger partial charge is 0.271 e. The first-order valence-corrected chi connectivity index (χ1v) is 10.8. The van der Waals surface area contributed by atoms with E-state index in [0.29, 0.717) is 28.0 Å². The molecule has 0 saturated carbocycles. The van der Waals surface area contributed by atoms with Crippen LogP contribution in [0.4, 0.5) is 5.69 Å². The van der Waals surface area contributed by atoms with Crippen LogP contribution in [0.15, 0.2) is 54.6 Å². The summed E-state index contributed by atoms with van der Waals surface area (Å²) in [5.74, 6) is -0.544. The number of carbonyl (C=O) groups is 3. The van der Waals surface area contributed by atoms with E-state index in [1.54, 1.807) is 12.1 Å². The van der Waals surface area contributed by atoms with Crippen LogP contribution >= 0.6 is 23.2 Å². The van der Waals surface area contributed by atoms with Crippen LogP contribution in [0, 0.1) is 0 Å². The summed E-state index contributed by atoms with van der Waals surface area (Å²) in [6, 6.07) is 13.5. The van der Waals surface area contributed by atoms with E-state index < -0.39 is 17.7 Å². The summed E-state index contributed by atoms with van der Waals surface area (Å²) in [6.07, 6.45) is 0. The second-order valence-electron chi connectivity index (χ2n) is 6.98. The molecule has 0 aliphatic carbocycles. The molecule has 3 aromatic rings. The van der Waals surface area contributed by atoms with Gasteiger partial charge >= 0.3 is 0 Å². The van der Waals surface area contributed by atoms with Crippen molar-refractivity contribution < 1.29 is 28.6 Å². The van der Waals surface area contributed by atoms with Crippen molar-refractivity contribution in [2.24, 2.45) is 0 Å². The largest absolute Gasteiger partial charge is 0.493 e. The Balaban J connectivity index is 1.64. The van der Waals surface area contributed by atoms with E-state index in [-0.39, 0.29) is 21.7 Å². The van der Waals surface area contributed by atoms with Gasteiger partial charge in [0.05, 0.1) is 31.9 Å². The summed E-state index contributed by atoms with van der Waals surface area (Å²) < 4.78 is 15.8. The van der Waals surface area contributed by atoms with E-state index in [9.17, 15) is 14.4 Å². The molecule has 0 radical (unpaired) electrons. The van der Waals surface area contributed by atoms with Crippen molar-refractivity contribution >= 4 is 46.6 Å². The highest BCUT2D eigenvalue weighted by atomic mass is 35.5. The van der Waals surface area contributed by atoms with Crippen molar-refractivity contribution in [2.45, 2.75) is 0 Å². The minimum atomic E-state index is -0.603. The van der Waals surface area contributed by atoms with E-state index in [1.165, 1.54) is 63.8 Å². The molecular weight excluding hydrogens is 497 g/mol. The van der Waals surface area contributed by atoms with Crippen molar-refractivity contribution in [3.8, 4) is 17.2 Å². The van der Waals surface area contributed by atoms with Crippen molar-refractivity contribution in [3.05, 3.63) is 81.3 Å². The third-order valence-electron chi connectivity index (χ3n) is 4.80. The number of amides is 3. The fourth-order valence-electron chi connectivity index (χ4n) is 3.05. The number of anilines is 1. The number of nitrogens with one attached hydrogen (secondary N) is 3. The summed E-state index contributed by atoms with van der Waals surface area (Å²) in [7, 11) is 4.38. The zero-order chi connectivity index (χ0) is 25.5. The van der Waals surface area contributed by atoms with Gasteiger partial charge in [-0.15, -0.1) is 0 Å². The van der Waals surface area contributed by atoms with Crippen LogP contribution in [0.2, 0.25) is 10.0 Å². The Morgan fingerprint density at radius 2 is 1.29 bits per heavy atom. The summed E-state index contributed by atoms with van der Waals surface area (Å²) in [5.41, 5.74) is 5.72.